The van der Waals surface area contributed by atoms with E-state index < -0.39 is 41.6 Å². The van der Waals surface area contributed by atoms with Crippen LogP contribution in [0.3, 0.4) is 0 Å². The van der Waals surface area contributed by atoms with E-state index in [1.165, 1.54) is 11.0 Å². The number of halogens is 1. The molecular formula is C25H35BrN2O6. The predicted octanol–water partition coefficient (Wildman–Crippen LogP) is 2.19. The number of aliphatic hydroxyl groups is 1. The summed E-state index contributed by atoms with van der Waals surface area (Å²) in [6.07, 6.45) is 8.14. The number of nitrogens with zero attached hydrogens (tertiary/aromatic N) is 2. The van der Waals surface area contributed by atoms with Gasteiger partial charge in [0, 0.05) is 17.4 Å². The second kappa shape index (κ2) is 10.1. The van der Waals surface area contributed by atoms with Crippen LogP contribution in [0.25, 0.3) is 0 Å². The molecule has 1 N–H and O–H groups in total. The van der Waals surface area contributed by atoms with Crippen molar-refractivity contribution < 1.29 is 29.0 Å². The minimum atomic E-state index is -1.15. The Morgan fingerprint density at radius 3 is 2.65 bits per heavy atom. The Hall–Kier alpha value is -1.71. The number of ether oxygens (including phenoxy) is 2. The number of esters is 1. The summed E-state index contributed by atoms with van der Waals surface area (Å²) in [4.78, 5) is 44.3. The molecule has 3 aliphatic heterocycles. The molecule has 1 spiro atoms. The van der Waals surface area contributed by atoms with Crippen molar-refractivity contribution in [2.24, 2.45) is 11.8 Å². The SMILES string of the molecule is C=CCOC(=O)[C@H]1[C@H]2C(=O)N([C@H](C)CO)C(C(=O)N(CC=C)C3CCCCC3)C23CC(Br)[C@@H]1O3. The van der Waals surface area contributed by atoms with Gasteiger partial charge in [-0.2, -0.15) is 0 Å². The summed E-state index contributed by atoms with van der Waals surface area (Å²) in [6.45, 7) is 9.28. The van der Waals surface area contributed by atoms with Crippen molar-refractivity contribution in [3.05, 3.63) is 25.3 Å². The number of rotatable bonds is 9. The van der Waals surface area contributed by atoms with E-state index in [1.54, 1.807) is 13.0 Å². The van der Waals surface area contributed by atoms with Crippen LogP contribution in [0.2, 0.25) is 0 Å². The van der Waals surface area contributed by atoms with E-state index in [-0.39, 0.29) is 35.9 Å². The maximum atomic E-state index is 14.3. The second-order valence-corrected chi connectivity index (χ2v) is 11.1. The van der Waals surface area contributed by atoms with Crippen molar-refractivity contribution in [3.8, 4) is 0 Å². The summed E-state index contributed by atoms with van der Waals surface area (Å²) in [7, 11) is 0. The van der Waals surface area contributed by atoms with Crippen LogP contribution in [0.4, 0.5) is 0 Å². The van der Waals surface area contributed by atoms with Crippen molar-refractivity contribution in [1.29, 1.82) is 0 Å². The van der Waals surface area contributed by atoms with Crippen LogP contribution in [0.15, 0.2) is 25.3 Å². The number of carbonyl (C=O) groups excluding carboxylic acids is 3. The average molecular weight is 539 g/mol. The standard InChI is InChI=1S/C25H35BrN2O6/c1-4-11-27(16-9-7-6-8-10-16)23(31)21-25-13-17(26)20(34-25)18(24(32)33-12-5-2)19(25)22(30)28(21)15(3)14-29/h4-5,15-21,29H,1-2,6-14H2,3H3/t15-,17?,18+,19+,20+,21?,25?/m1/s1. The molecule has 188 valence electrons. The first-order valence-corrected chi connectivity index (χ1v) is 13.2. The molecule has 7 atom stereocenters. The van der Waals surface area contributed by atoms with E-state index in [1.807, 2.05) is 4.90 Å². The summed E-state index contributed by atoms with van der Waals surface area (Å²) >= 11 is 3.65. The number of carbonyl (C=O) groups is 3. The third kappa shape index (κ3) is 3.93. The monoisotopic (exact) mass is 538 g/mol. The summed E-state index contributed by atoms with van der Waals surface area (Å²) in [5.74, 6) is -2.69. The van der Waals surface area contributed by atoms with Crippen LogP contribution in [0.1, 0.15) is 45.4 Å². The minimum absolute atomic E-state index is 0.0385. The molecule has 0 aromatic carbocycles. The number of alkyl halides is 1. The highest BCUT2D eigenvalue weighted by Gasteiger charge is 2.77. The van der Waals surface area contributed by atoms with Gasteiger partial charge >= 0.3 is 5.97 Å². The zero-order valence-electron chi connectivity index (χ0n) is 19.7. The summed E-state index contributed by atoms with van der Waals surface area (Å²) in [6, 6.07) is -1.45. The normalized spacial score (nSPS) is 35.7. The van der Waals surface area contributed by atoms with Gasteiger partial charge in [-0.3, -0.25) is 14.4 Å². The molecule has 3 unspecified atom stereocenters. The first-order chi connectivity index (χ1) is 16.3. The van der Waals surface area contributed by atoms with Gasteiger partial charge < -0.3 is 24.4 Å². The summed E-state index contributed by atoms with van der Waals surface area (Å²) < 4.78 is 11.8. The lowest BCUT2D eigenvalue weighted by Gasteiger charge is -2.42. The number of fused-ring (bicyclic) bond motifs is 1. The molecule has 9 heteroatoms. The van der Waals surface area contributed by atoms with Crippen LogP contribution in [0.5, 0.6) is 0 Å². The van der Waals surface area contributed by atoms with Crippen LogP contribution in [0, 0.1) is 11.8 Å². The van der Waals surface area contributed by atoms with Gasteiger partial charge in [0.05, 0.1) is 30.6 Å². The molecule has 2 bridgehead atoms. The van der Waals surface area contributed by atoms with Crippen molar-refractivity contribution in [1.82, 2.24) is 9.80 Å². The molecule has 4 rings (SSSR count). The molecular weight excluding hydrogens is 504 g/mol. The third-order valence-corrected chi connectivity index (χ3v) is 8.78. The molecule has 0 radical (unpaired) electrons. The fourth-order valence-corrected chi connectivity index (χ4v) is 7.47. The number of amides is 2. The molecule has 0 aromatic heterocycles. The maximum absolute atomic E-state index is 14.3. The molecule has 2 amide bonds. The van der Waals surface area contributed by atoms with Gasteiger partial charge in [-0.25, -0.2) is 0 Å². The number of aliphatic hydroxyl groups excluding tert-OH is 1. The lowest BCUT2D eigenvalue weighted by atomic mass is 9.70. The Kier molecular flexibility index (Phi) is 7.55. The number of likely N-dealkylation sites (tertiary alicyclic amines) is 1. The Labute approximate surface area is 209 Å². The van der Waals surface area contributed by atoms with E-state index in [4.69, 9.17) is 9.47 Å². The first kappa shape index (κ1) is 25.4. The van der Waals surface area contributed by atoms with Crippen LogP contribution < -0.4 is 0 Å². The molecule has 4 aliphatic rings. The molecule has 8 nitrogen and oxygen atoms in total. The van der Waals surface area contributed by atoms with E-state index >= 15 is 0 Å². The first-order valence-electron chi connectivity index (χ1n) is 12.3. The fourth-order valence-electron chi connectivity index (χ4n) is 6.52. The highest BCUT2D eigenvalue weighted by molar-refractivity contribution is 9.09. The Balaban J connectivity index is 1.75. The van der Waals surface area contributed by atoms with Crippen molar-refractivity contribution in [3.63, 3.8) is 0 Å². The van der Waals surface area contributed by atoms with Crippen LogP contribution in [-0.4, -0.2) is 87.1 Å². The molecule has 4 fully saturated rings. The van der Waals surface area contributed by atoms with Gasteiger partial charge in [0.15, 0.2) is 0 Å². The second-order valence-electron chi connectivity index (χ2n) is 9.93. The quantitative estimate of drug-likeness (QED) is 0.274. The highest BCUT2D eigenvalue weighted by atomic mass is 79.9. The Morgan fingerprint density at radius 1 is 1.32 bits per heavy atom. The van der Waals surface area contributed by atoms with Gasteiger partial charge in [0.2, 0.25) is 11.8 Å². The lowest BCUT2D eigenvalue weighted by Crippen LogP contribution is -2.60. The predicted molar refractivity (Wildman–Crippen MR) is 129 cm³/mol. The van der Waals surface area contributed by atoms with E-state index in [2.05, 4.69) is 29.1 Å². The number of hydrogen-bond acceptors (Lipinski definition) is 6. The van der Waals surface area contributed by atoms with Crippen molar-refractivity contribution in [2.45, 2.75) is 80.1 Å². The molecule has 0 aromatic rings. The van der Waals surface area contributed by atoms with E-state index in [0.29, 0.717) is 13.0 Å². The highest BCUT2D eigenvalue weighted by Crippen LogP contribution is 2.60. The third-order valence-electron chi connectivity index (χ3n) is 7.94. The van der Waals surface area contributed by atoms with Gasteiger partial charge in [0.25, 0.3) is 0 Å². The molecule has 3 saturated heterocycles. The number of hydrogen-bond donors (Lipinski definition) is 1. The van der Waals surface area contributed by atoms with Gasteiger partial charge in [-0.05, 0) is 26.2 Å². The van der Waals surface area contributed by atoms with Crippen LogP contribution >= 0.6 is 15.9 Å². The zero-order chi connectivity index (χ0) is 24.6. The van der Waals surface area contributed by atoms with Gasteiger partial charge in [-0.15, -0.1) is 6.58 Å². The molecule has 1 saturated carbocycles. The van der Waals surface area contributed by atoms with Gasteiger partial charge in [0.1, 0.15) is 18.2 Å². The van der Waals surface area contributed by atoms with E-state index in [9.17, 15) is 19.5 Å². The minimum Gasteiger partial charge on any atom is -0.461 e. The van der Waals surface area contributed by atoms with E-state index in [0.717, 1.165) is 32.1 Å². The zero-order valence-corrected chi connectivity index (χ0v) is 21.3. The lowest BCUT2D eigenvalue weighted by molar-refractivity contribution is -0.156. The molecule has 3 heterocycles. The Bertz CT molecular complexity index is 845. The Morgan fingerprint density at radius 2 is 2.03 bits per heavy atom. The fraction of sp³-hybridized carbons (Fsp3) is 0.720. The smallest absolute Gasteiger partial charge is 0.312 e. The van der Waals surface area contributed by atoms with Crippen molar-refractivity contribution in [2.75, 3.05) is 19.8 Å². The average Bonchev–Trinajstić information content (AvgIpc) is 3.44. The maximum Gasteiger partial charge on any atom is 0.312 e. The summed E-state index contributed by atoms with van der Waals surface area (Å²) in [5, 5.41) is 9.99. The topological polar surface area (TPSA) is 96.4 Å². The van der Waals surface area contributed by atoms with Gasteiger partial charge in [-0.1, -0.05) is 53.9 Å². The summed E-state index contributed by atoms with van der Waals surface area (Å²) in [5.41, 5.74) is -1.15. The van der Waals surface area contributed by atoms with Crippen LogP contribution in [-0.2, 0) is 23.9 Å². The van der Waals surface area contributed by atoms with Crippen molar-refractivity contribution >= 4 is 33.7 Å². The largest absolute Gasteiger partial charge is 0.461 e. The molecule has 1 aliphatic carbocycles. The molecule has 34 heavy (non-hydrogen) atoms.